The molecule has 56 heavy (non-hydrogen) atoms. The third-order valence-corrected chi connectivity index (χ3v) is 11.0. The Morgan fingerprint density at radius 1 is 0.875 bits per heavy atom. The average molecular weight is 776 g/mol. The molecule has 2 aromatic carbocycles. The van der Waals surface area contributed by atoms with Crippen molar-refractivity contribution in [3.8, 4) is 0 Å². The van der Waals surface area contributed by atoms with Crippen LogP contribution in [0.15, 0.2) is 47.3 Å². The molecule has 3 fully saturated rings. The summed E-state index contributed by atoms with van der Waals surface area (Å²) in [6.07, 6.45) is 3.01. The van der Waals surface area contributed by atoms with E-state index in [-0.39, 0.29) is 35.1 Å². The van der Waals surface area contributed by atoms with Gasteiger partial charge in [-0.15, -0.1) is 0 Å². The SMILES string of the molecule is C[C@H](C(=O)N1CCC(OC2CCN(CC(=O)N3CCN(C(=O)c4cc(Cc5n[nH]c(=O)c6ccccc56)ccc4F)CC3)CC2)CC1)N(C)C(=O)OC(C)(C)C. The molecule has 14 nitrogen and oxygen atoms in total. The van der Waals surface area contributed by atoms with Crippen LogP contribution in [0, 0.1) is 5.82 Å². The van der Waals surface area contributed by atoms with Gasteiger partial charge in [-0.2, -0.15) is 5.10 Å². The summed E-state index contributed by atoms with van der Waals surface area (Å²) in [6.45, 7) is 11.4. The van der Waals surface area contributed by atoms with Crippen LogP contribution in [0.5, 0.6) is 0 Å². The number of H-pyrrole nitrogens is 1. The molecule has 1 atom stereocenters. The Morgan fingerprint density at radius 2 is 1.48 bits per heavy atom. The van der Waals surface area contributed by atoms with E-state index in [0.717, 1.165) is 38.8 Å². The normalized spacial score (nSPS) is 18.2. The van der Waals surface area contributed by atoms with E-state index in [0.29, 0.717) is 74.3 Å². The lowest BCUT2D eigenvalue weighted by atomic mass is 10.0. The number of nitrogens with zero attached hydrogens (tertiary/aromatic N) is 6. The number of halogens is 1. The van der Waals surface area contributed by atoms with Gasteiger partial charge in [0.2, 0.25) is 11.8 Å². The minimum Gasteiger partial charge on any atom is -0.444 e. The summed E-state index contributed by atoms with van der Waals surface area (Å²) >= 11 is 0. The Hall–Kier alpha value is -4.89. The maximum Gasteiger partial charge on any atom is 0.410 e. The van der Waals surface area contributed by atoms with Gasteiger partial charge in [-0.05, 0) is 77.1 Å². The number of aromatic amines is 1. The summed E-state index contributed by atoms with van der Waals surface area (Å²) < 4.78 is 26.8. The van der Waals surface area contributed by atoms with Gasteiger partial charge in [0.05, 0.1) is 35.4 Å². The van der Waals surface area contributed by atoms with Crippen LogP contribution in [-0.4, -0.2) is 148 Å². The molecule has 3 aliphatic heterocycles. The lowest BCUT2D eigenvalue weighted by Crippen LogP contribution is -2.53. The fourth-order valence-corrected chi connectivity index (χ4v) is 7.58. The third kappa shape index (κ3) is 9.91. The fraction of sp³-hybridized carbons (Fsp3) is 0.561. The molecule has 0 aliphatic carbocycles. The molecule has 3 aromatic rings. The van der Waals surface area contributed by atoms with Gasteiger partial charge in [-0.1, -0.05) is 24.3 Å². The number of carbonyl (C=O) groups excluding carboxylic acids is 4. The van der Waals surface area contributed by atoms with Crippen molar-refractivity contribution < 1.29 is 33.0 Å². The van der Waals surface area contributed by atoms with Crippen molar-refractivity contribution in [3.05, 3.63) is 75.5 Å². The van der Waals surface area contributed by atoms with Crippen LogP contribution in [-0.2, 0) is 25.5 Å². The first-order valence-corrected chi connectivity index (χ1v) is 19.6. The molecule has 0 spiro atoms. The molecule has 302 valence electrons. The first-order valence-electron chi connectivity index (χ1n) is 19.6. The van der Waals surface area contributed by atoms with E-state index < -0.39 is 29.5 Å². The summed E-state index contributed by atoms with van der Waals surface area (Å²) in [5.41, 5.74) is 0.358. The van der Waals surface area contributed by atoms with Crippen LogP contribution in [0.2, 0.25) is 0 Å². The second-order valence-corrected chi connectivity index (χ2v) is 16.1. The topological polar surface area (TPSA) is 149 Å². The molecular weight excluding hydrogens is 721 g/mol. The van der Waals surface area contributed by atoms with Gasteiger partial charge in [0.1, 0.15) is 17.5 Å². The number of piperidine rings is 2. The lowest BCUT2D eigenvalue weighted by Gasteiger charge is -2.39. The van der Waals surface area contributed by atoms with Crippen molar-refractivity contribution in [2.45, 2.75) is 83.6 Å². The summed E-state index contributed by atoms with van der Waals surface area (Å²) in [5, 5.41) is 7.95. The molecule has 4 heterocycles. The summed E-state index contributed by atoms with van der Waals surface area (Å²) in [7, 11) is 1.58. The molecular formula is C41H54FN7O7. The average Bonchev–Trinajstić information content (AvgIpc) is 3.19. The van der Waals surface area contributed by atoms with Crippen LogP contribution < -0.4 is 5.56 Å². The van der Waals surface area contributed by atoms with Crippen molar-refractivity contribution in [2.75, 3.05) is 66.0 Å². The van der Waals surface area contributed by atoms with Crippen LogP contribution >= 0.6 is 0 Å². The molecule has 3 aliphatic rings. The van der Waals surface area contributed by atoms with Crippen LogP contribution in [0.4, 0.5) is 9.18 Å². The molecule has 3 saturated heterocycles. The highest BCUT2D eigenvalue weighted by atomic mass is 19.1. The minimum absolute atomic E-state index is 0.00820. The summed E-state index contributed by atoms with van der Waals surface area (Å²) in [6, 6.07) is 11.0. The number of hydrogen-bond donors (Lipinski definition) is 1. The molecule has 1 N–H and O–H groups in total. The van der Waals surface area contributed by atoms with Gasteiger partial charge in [0, 0.05) is 71.2 Å². The zero-order valence-corrected chi connectivity index (χ0v) is 33.1. The van der Waals surface area contributed by atoms with Gasteiger partial charge in [-0.3, -0.25) is 29.0 Å². The van der Waals surface area contributed by atoms with Crippen molar-refractivity contribution in [2.24, 2.45) is 0 Å². The number of amides is 4. The van der Waals surface area contributed by atoms with E-state index in [4.69, 9.17) is 9.47 Å². The number of likely N-dealkylation sites (N-methyl/N-ethyl adjacent to an activating group) is 1. The van der Waals surface area contributed by atoms with Crippen molar-refractivity contribution >= 4 is 34.6 Å². The largest absolute Gasteiger partial charge is 0.444 e. The first-order chi connectivity index (χ1) is 26.7. The number of likely N-dealkylation sites (tertiary alicyclic amines) is 2. The van der Waals surface area contributed by atoms with E-state index in [2.05, 4.69) is 15.1 Å². The predicted molar refractivity (Wildman–Crippen MR) is 208 cm³/mol. The zero-order chi connectivity index (χ0) is 40.1. The molecule has 0 unspecified atom stereocenters. The number of fused-ring (bicyclic) bond motifs is 1. The van der Waals surface area contributed by atoms with E-state index in [1.165, 1.54) is 11.0 Å². The van der Waals surface area contributed by atoms with E-state index in [1.807, 2.05) is 12.1 Å². The summed E-state index contributed by atoms with van der Waals surface area (Å²) in [4.78, 5) is 73.2. The van der Waals surface area contributed by atoms with Gasteiger partial charge in [-0.25, -0.2) is 14.3 Å². The highest BCUT2D eigenvalue weighted by Gasteiger charge is 2.34. The van der Waals surface area contributed by atoms with Gasteiger partial charge in [0.25, 0.3) is 11.5 Å². The number of rotatable bonds is 9. The minimum atomic E-state index is -0.639. The Morgan fingerprint density at radius 3 is 2.12 bits per heavy atom. The van der Waals surface area contributed by atoms with Gasteiger partial charge in [0.15, 0.2) is 0 Å². The van der Waals surface area contributed by atoms with E-state index in [9.17, 15) is 28.4 Å². The quantitative estimate of drug-likeness (QED) is 0.344. The second kappa shape index (κ2) is 17.5. The summed E-state index contributed by atoms with van der Waals surface area (Å²) in [5.74, 6) is -1.13. The Balaban J connectivity index is 0.908. The number of piperazine rings is 1. The molecule has 6 rings (SSSR count). The molecule has 0 saturated carbocycles. The molecule has 15 heteroatoms. The predicted octanol–water partition coefficient (Wildman–Crippen LogP) is 3.66. The standard InChI is InChI=1S/C41H54FN7O7/c1-27(45(5)40(54)56-41(2,3)4)38(52)48-18-14-30(15-19-48)55-29-12-16-46(17-13-29)26-36(50)47-20-22-49(23-21-47)39(53)33-24-28(10-11-34(33)42)25-35-31-8-6-7-9-32(31)37(51)44-43-35/h6-11,24,27,29-30H,12-23,25-26H2,1-5H3,(H,44,51)/t27-/m1/s1. The number of carbonyl (C=O) groups is 4. The van der Waals surface area contributed by atoms with Crippen LogP contribution in [0.1, 0.15) is 75.0 Å². The third-order valence-electron chi connectivity index (χ3n) is 11.0. The number of ether oxygens (including phenoxy) is 2. The Bertz CT molecular complexity index is 1960. The molecule has 0 bridgehead atoms. The monoisotopic (exact) mass is 775 g/mol. The van der Waals surface area contributed by atoms with Gasteiger partial charge >= 0.3 is 6.09 Å². The van der Waals surface area contributed by atoms with Crippen molar-refractivity contribution in [1.82, 2.24) is 34.7 Å². The Kier molecular flexibility index (Phi) is 12.7. The van der Waals surface area contributed by atoms with Gasteiger partial charge < -0.3 is 24.2 Å². The number of benzene rings is 2. The number of hydrogen-bond acceptors (Lipinski definition) is 9. The zero-order valence-electron chi connectivity index (χ0n) is 33.1. The lowest BCUT2D eigenvalue weighted by molar-refractivity contribution is -0.140. The van der Waals surface area contributed by atoms with Crippen molar-refractivity contribution in [1.29, 1.82) is 0 Å². The highest BCUT2D eigenvalue weighted by Crippen LogP contribution is 2.24. The van der Waals surface area contributed by atoms with Crippen LogP contribution in [0.25, 0.3) is 10.8 Å². The fourth-order valence-electron chi connectivity index (χ4n) is 7.58. The number of nitrogens with one attached hydrogen (secondary N) is 1. The second-order valence-electron chi connectivity index (χ2n) is 16.1. The molecule has 0 radical (unpaired) electrons. The maximum absolute atomic E-state index is 15.0. The van der Waals surface area contributed by atoms with Crippen molar-refractivity contribution in [3.63, 3.8) is 0 Å². The molecule has 1 aromatic heterocycles. The number of aromatic nitrogens is 2. The Labute approximate surface area is 326 Å². The highest BCUT2D eigenvalue weighted by molar-refractivity contribution is 5.95. The maximum atomic E-state index is 15.0. The smallest absolute Gasteiger partial charge is 0.410 e. The first kappa shape index (κ1) is 40.8. The van der Waals surface area contributed by atoms with E-state index in [1.54, 1.807) is 73.7 Å². The molecule has 4 amide bonds. The van der Waals surface area contributed by atoms with E-state index >= 15 is 0 Å². The van der Waals surface area contributed by atoms with Crippen LogP contribution in [0.3, 0.4) is 0 Å².